The van der Waals surface area contributed by atoms with Crippen molar-refractivity contribution in [2.75, 3.05) is 5.32 Å². The smallest absolute Gasteiger partial charge is 0.408 e. The van der Waals surface area contributed by atoms with Crippen molar-refractivity contribution in [1.82, 2.24) is 10.0 Å². The summed E-state index contributed by atoms with van der Waals surface area (Å²) < 4.78 is 34.4. The predicted octanol–water partition coefficient (Wildman–Crippen LogP) is 4.70. The molecule has 1 aliphatic carbocycles. The Labute approximate surface area is 211 Å². The zero-order valence-electron chi connectivity index (χ0n) is 20.2. The number of ether oxygens (including phenoxy) is 1. The van der Waals surface area contributed by atoms with Crippen molar-refractivity contribution < 1.29 is 22.7 Å². The van der Waals surface area contributed by atoms with E-state index in [0.29, 0.717) is 16.5 Å². The summed E-state index contributed by atoms with van der Waals surface area (Å²) in [6.07, 6.45) is 4.14. The van der Waals surface area contributed by atoms with E-state index in [2.05, 4.69) is 15.4 Å². The van der Waals surface area contributed by atoms with E-state index < -0.39 is 28.1 Å². The van der Waals surface area contributed by atoms with Gasteiger partial charge in [-0.2, -0.15) is 0 Å². The minimum atomic E-state index is -3.73. The fourth-order valence-electron chi connectivity index (χ4n) is 4.38. The minimum absolute atomic E-state index is 0.0598. The van der Waals surface area contributed by atoms with E-state index in [-0.39, 0.29) is 17.5 Å². The lowest BCUT2D eigenvalue weighted by Crippen LogP contribution is -2.41. The number of hydrogen-bond acceptors (Lipinski definition) is 5. The number of rotatable bonds is 8. The van der Waals surface area contributed by atoms with E-state index in [4.69, 9.17) is 4.74 Å². The fraction of sp³-hybridized carbons (Fsp3) is 0.333. The lowest BCUT2D eigenvalue weighted by atomic mass is 9.96. The highest BCUT2D eigenvalue weighted by Gasteiger charge is 2.24. The molecule has 1 saturated carbocycles. The van der Waals surface area contributed by atoms with Crippen molar-refractivity contribution in [2.24, 2.45) is 0 Å². The van der Waals surface area contributed by atoms with Crippen LogP contribution in [-0.4, -0.2) is 32.5 Å². The molecule has 0 aliphatic heterocycles. The Morgan fingerprint density at radius 2 is 1.61 bits per heavy atom. The molecule has 1 atom stereocenters. The number of amides is 2. The van der Waals surface area contributed by atoms with Gasteiger partial charge in [-0.3, -0.25) is 4.79 Å². The van der Waals surface area contributed by atoms with Crippen LogP contribution in [0.1, 0.15) is 44.6 Å². The quantitative estimate of drug-likeness (QED) is 0.407. The predicted molar refractivity (Wildman–Crippen MR) is 139 cm³/mol. The molecule has 0 spiro atoms. The summed E-state index contributed by atoms with van der Waals surface area (Å²) in [4.78, 5) is 25.1. The van der Waals surface area contributed by atoms with Gasteiger partial charge in [0.15, 0.2) is 0 Å². The van der Waals surface area contributed by atoms with Gasteiger partial charge >= 0.3 is 6.09 Å². The molecule has 0 aromatic heterocycles. The Balaban J connectivity index is 1.44. The summed E-state index contributed by atoms with van der Waals surface area (Å²) in [5.41, 5.74) is 1.29. The Morgan fingerprint density at radius 1 is 0.917 bits per heavy atom. The Kier molecular flexibility index (Phi) is 8.22. The normalized spacial score (nSPS) is 15.2. The van der Waals surface area contributed by atoms with E-state index in [9.17, 15) is 18.0 Å². The SMILES string of the molecule is C[C@@H](NC(=O)OCc1ccccc1)C(=O)Nc1cccc2c(S(=O)(=O)NC3CCCCC3)cccc12. The summed E-state index contributed by atoms with van der Waals surface area (Å²) >= 11 is 0. The van der Waals surface area contributed by atoms with Gasteiger partial charge in [0, 0.05) is 22.5 Å². The zero-order chi connectivity index (χ0) is 25.5. The van der Waals surface area contributed by atoms with Crippen LogP contribution >= 0.6 is 0 Å². The maximum Gasteiger partial charge on any atom is 0.408 e. The van der Waals surface area contributed by atoms with Gasteiger partial charge in [-0.1, -0.05) is 73.9 Å². The Bertz CT molecular complexity index is 1320. The lowest BCUT2D eigenvalue weighted by Gasteiger charge is -2.23. The van der Waals surface area contributed by atoms with Crippen molar-refractivity contribution in [3.8, 4) is 0 Å². The molecule has 0 saturated heterocycles. The number of carbonyl (C=O) groups is 2. The average molecular weight is 510 g/mol. The monoisotopic (exact) mass is 509 g/mol. The molecule has 1 aliphatic rings. The first kappa shape index (κ1) is 25.7. The van der Waals surface area contributed by atoms with Crippen LogP contribution in [0.25, 0.3) is 10.8 Å². The van der Waals surface area contributed by atoms with Crippen molar-refractivity contribution in [1.29, 1.82) is 0 Å². The van der Waals surface area contributed by atoms with Crippen LogP contribution < -0.4 is 15.4 Å². The molecule has 9 heteroatoms. The first-order valence-electron chi connectivity index (χ1n) is 12.2. The van der Waals surface area contributed by atoms with Gasteiger partial charge in [-0.05, 0) is 37.5 Å². The van der Waals surface area contributed by atoms with Gasteiger partial charge in [0.1, 0.15) is 12.6 Å². The maximum absolute atomic E-state index is 13.2. The van der Waals surface area contributed by atoms with E-state index in [1.165, 1.54) is 0 Å². The molecule has 2 amide bonds. The summed E-state index contributed by atoms with van der Waals surface area (Å²) in [5, 5.41) is 6.43. The van der Waals surface area contributed by atoms with Gasteiger partial charge < -0.3 is 15.4 Å². The molecule has 3 aromatic rings. The van der Waals surface area contributed by atoms with E-state index in [0.717, 1.165) is 37.7 Å². The van der Waals surface area contributed by atoms with Crippen LogP contribution in [0.2, 0.25) is 0 Å². The van der Waals surface area contributed by atoms with E-state index >= 15 is 0 Å². The standard InChI is InChI=1S/C27H31N3O5S/c1-19(28-27(32)35-18-20-10-4-2-5-11-20)26(31)29-24-16-8-15-23-22(24)14-9-17-25(23)36(33,34)30-21-12-6-3-7-13-21/h2,4-5,8-11,14-17,19,21,30H,3,6-7,12-13,18H2,1H3,(H,28,32)(H,29,31)/t19-/m1/s1. The van der Waals surface area contributed by atoms with Gasteiger partial charge in [0.2, 0.25) is 15.9 Å². The van der Waals surface area contributed by atoms with E-state index in [1.54, 1.807) is 43.3 Å². The number of fused-ring (bicyclic) bond motifs is 1. The number of nitrogens with one attached hydrogen (secondary N) is 3. The molecule has 3 N–H and O–H groups in total. The number of benzene rings is 3. The molecule has 4 rings (SSSR count). The third-order valence-corrected chi connectivity index (χ3v) is 7.88. The number of carbonyl (C=O) groups excluding carboxylic acids is 2. The molecule has 1 fully saturated rings. The fourth-order valence-corrected chi connectivity index (χ4v) is 5.90. The first-order chi connectivity index (χ1) is 17.3. The van der Waals surface area contributed by atoms with Gasteiger partial charge in [-0.25, -0.2) is 17.9 Å². The Morgan fingerprint density at radius 3 is 2.36 bits per heavy atom. The average Bonchev–Trinajstić information content (AvgIpc) is 2.88. The largest absolute Gasteiger partial charge is 0.445 e. The highest BCUT2D eigenvalue weighted by molar-refractivity contribution is 7.89. The highest BCUT2D eigenvalue weighted by Crippen LogP contribution is 2.30. The van der Waals surface area contributed by atoms with Gasteiger partial charge in [0.25, 0.3) is 0 Å². The van der Waals surface area contributed by atoms with Crippen LogP contribution in [0, 0.1) is 0 Å². The molecule has 8 nitrogen and oxygen atoms in total. The molecular weight excluding hydrogens is 478 g/mol. The minimum Gasteiger partial charge on any atom is -0.445 e. The topological polar surface area (TPSA) is 114 Å². The van der Waals surface area contributed by atoms with Crippen LogP contribution in [0.4, 0.5) is 10.5 Å². The molecule has 0 heterocycles. The molecule has 0 unspecified atom stereocenters. The van der Waals surface area contributed by atoms with Gasteiger partial charge in [0.05, 0.1) is 4.90 Å². The first-order valence-corrected chi connectivity index (χ1v) is 13.6. The molecule has 3 aromatic carbocycles. The van der Waals surface area contributed by atoms with Crippen molar-refractivity contribution in [2.45, 2.75) is 62.6 Å². The number of hydrogen-bond donors (Lipinski definition) is 3. The zero-order valence-corrected chi connectivity index (χ0v) is 21.0. The van der Waals surface area contributed by atoms with E-state index in [1.807, 2.05) is 30.3 Å². The number of anilines is 1. The maximum atomic E-state index is 13.2. The summed E-state index contributed by atoms with van der Waals surface area (Å²) in [6.45, 7) is 1.64. The third kappa shape index (κ3) is 6.41. The van der Waals surface area contributed by atoms with Crippen LogP contribution in [0.15, 0.2) is 71.6 Å². The second-order valence-corrected chi connectivity index (χ2v) is 10.7. The second kappa shape index (κ2) is 11.5. The Hall–Kier alpha value is -3.43. The number of alkyl carbamates (subject to hydrolysis) is 1. The highest BCUT2D eigenvalue weighted by atomic mass is 32.2. The van der Waals surface area contributed by atoms with Crippen LogP contribution in [0.5, 0.6) is 0 Å². The molecule has 36 heavy (non-hydrogen) atoms. The summed E-state index contributed by atoms with van der Waals surface area (Å²) in [7, 11) is -3.73. The third-order valence-electron chi connectivity index (χ3n) is 6.30. The second-order valence-electron chi connectivity index (χ2n) is 9.03. The van der Waals surface area contributed by atoms with Crippen molar-refractivity contribution >= 4 is 38.5 Å². The van der Waals surface area contributed by atoms with Crippen molar-refractivity contribution in [3.05, 3.63) is 72.3 Å². The molecule has 0 radical (unpaired) electrons. The molecular formula is C27H31N3O5S. The van der Waals surface area contributed by atoms with Gasteiger partial charge in [-0.15, -0.1) is 0 Å². The van der Waals surface area contributed by atoms with Crippen molar-refractivity contribution in [3.63, 3.8) is 0 Å². The molecule has 190 valence electrons. The number of sulfonamides is 1. The van der Waals surface area contributed by atoms with Crippen LogP contribution in [0.3, 0.4) is 0 Å². The lowest BCUT2D eigenvalue weighted by molar-refractivity contribution is -0.117. The van der Waals surface area contributed by atoms with Crippen LogP contribution in [-0.2, 0) is 26.2 Å². The summed E-state index contributed by atoms with van der Waals surface area (Å²) in [6, 6.07) is 18.4. The summed E-state index contributed by atoms with van der Waals surface area (Å²) in [5.74, 6) is -0.451. The molecule has 0 bridgehead atoms.